The van der Waals surface area contributed by atoms with Gasteiger partial charge in [0.1, 0.15) is 0 Å². The van der Waals surface area contributed by atoms with Crippen LogP contribution in [-0.4, -0.2) is 47.7 Å². The van der Waals surface area contributed by atoms with E-state index in [-0.39, 0.29) is 11.8 Å². The van der Waals surface area contributed by atoms with E-state index in [2.05, 4.69) is 28.2 Å². The minimum atomic E-state index is -2.84. The molecule has 3 rings (SSSR count). The van der Waals surface area contributed by atoms with Crippen molar-refractivity contribution in [2.75, 3.05) is 18.6 Å². The van der Waals surface area contributed by atoms with Crippen LogP contribution in [-0.2, 0) is 16.4 Å². The minimum Gasteiger partial charge on any atom is -0.298 e. The number of benzene rings is 1. The molecule has 0 spiro atoms. The summed E-state index contributed by atoms with van der Waals surface area (Å²) in [6, 6.07) is 10.5. The summed E-state index contributed by atoms with van der Waals surface area (Å²) in [5, 5.41) is 4.52. The Morgan fingerprint density at radius 1 is 1.30 bits per heavy atom. The lowest BCUT2D eigenvalue weighted by atomic mass is 10.1. The zero-order chi connectivity index (χ0) is 16.6. The molecule has 2 heterocycles. The van der Waals surface area contributed by atoms with Gasteiger partial charge in [-0.15, -0.1) is 0 Å². The van der Waals surface area contributed by atoms with Crippen molar-refractivity contribution in [3.63, 3.8) is 0 Å². The van der Waals surface area contributed by atoms with Crippen LogP contribution in [0, 0.1) is 13.8 Å². The molecule has 0 aliphatic carbocycles. The molecule has 23 heavy (non-hydrogen) atoms. The van der Waals surface area contributed by atoms with E-state index in [4.69, 9.17) is 0 Å². The van der Waals surface area contributed by atoms with Crippen molar-refractivity contribution >= 4 is 9.84 Å². The molecular formula is C17H23N3O2S. The van der Waals surface area contributed by atoms with Crippen molar-refractivity contribution in [3.05, 3.63) is 47.3 Å². The summed E-state index contributed by atoms with van der Waals surface area (Å²) in [6.45, 7) is 4.77. The van der Waals surface area contributed by atoms with Gasteiger partial charge in [-0.1, -0.05) is 12.1 Å². The largest absolute Gasteiger partial charge is 0.298 e. The lowest BCUT2D eigenvalue weighted by Gasteiger charge is -2.23. The van der Waals surface area contributed by atoms with Crippen LogP contribution in [0.5, 0.6) is 0 Å². The highest BCUT2D eigenvalue weighted by Crippen LogP contribution is 2.20. The number of aryl methyl sites for hydroxylation is 2. The van der Waals surface area contributed by atoms with Gasteiger partial charge in [0.15, 0.2) is 9.84 Å². The molecular weight excluding hydrogens is 310 g/mol. The summed E-state index contributed by atoms with van der Waals surface area (Å²) in [7, 11) is -0.841. The fourth-order valence-electron chi connectivity index (χ4n) is 3.22. The second-order valence-corrected chi connectivity index (χ2v) is 8.71. The first kappa shape index (κ1) is 16.2. The maximum Gasteiger partial charge on any atom is 0.151 e. The Labute approximate surface area is 137 Å². The standard InChI is InChI=1S/C17H23N3O2S/c1-13-9-14(2)20(18-13)16-6-4-5-15(10-16)11-19(3)17-7-8-23(21,22)12-17/h4-6,9-10,17H,7-8,11-12H2,1-3H3/t17-/m0/s1. The Bertz CT molecular complexity index is 811. The molecule has 0 amide bonds. The molecule has 1 aromatic carbocycles. The van der Waals surface area contributed by atoms with Crippen LogP contribution in [0.2, 0.25) is 0 Å². The molecule has 0 unspecified atom stereocenters. The molecule has 2 aromatic rings. The smallest absolute Gasteiger partial charge is 0.151 e. The first-order valence-corrected chi connectivity index (χ1v) is 9.69. The highest BCUT2D eigenvalue weighted by molar-refractivity contribution is 7.91. The normalized spacial score (nSPS) is 20.3. The molecule has 0 radical (unpaired) electrons. The molecule has 6 heteroatoms. The quantitative estimate of drug-likeness (QED) is 0.860. The van der Waals surface area contributed by atoms with Crippen LogP contribution in [0.4, 0.5) is 0 Å². The average molecular weight is 333 g/mol. The van der Waals surface area contributed by atoms with Crippen LogP contribution in [0.3, 0.4) is 0 Å². The van der Waals surface area contributed by atoms with Gasteiger partial charge < -0.3 is 0 Å². The summed E-state index contributed by atoms with van der Waals surface area (Å²) >= 11 is 0. The van der Waals surface area contributed by atoms with Crippen LogP contribution >= 0.6 is 0 Å². The Balaban J connectivity index is 1.77. The number of hydrogen-bond donors (Lipinski definition) is 0. The van der Waals surface area contributed by atoms with Crippen molar-refractivity contribution in [2.24, 2.45) is 0 Å². The van der Waals surface area contributed by atoms with Gasteiger partial charge in [-0.25, -0.2) is 13.1 Å². The van der Waals surface area contributed by atoms with Gasteiger partial charge in [0.05, 0.1) is 22.9 Å². The van der Waals surface area contributed by atoms with E-state index >= 15 is 0 Å². The van der Waals surface area contributed by atoms with E-state index in [0.717, 1.165) is 30.0 Å². The van der Waals surface area contributed by atoms with Crippen molar-refractivity contribution in [3.8, 4) is 5.69 Å². The third-order valence-electron chi connectivity index (χ3n) is 4.43. The number of nitrogens with zero attached hydrogens (tertiary/aromatic N) is 3. The summed E-state index contributed by atoms with van der Waals surface area (Å²) in [5.74, 6) is 0.592. The SMILES string of the molecule is Cc1cc(C)n(-c2cccc(CN(C)[C@H]3CCS(=O)(=O)C3)c2)n1. The van der Waals surface area contributed by atoms with Gasteiger partial charge in [0.25, 0.3) is 0 Å². The van der Waals surface area contributed by atoms with Gasteiger partial charge in [-0.3, -0.25) is 4.90 Å². The highest BCUT2D eigenvalue weighted by Gasteiger charge is 2.30. The molecule has 124 valence electrons. The van der Waals surface area contributed by atoms with Gasteiger partial charge in [-0.05, 0) is 51.1 Å². The molecule has 1 aromatic heterocycles. The zero-order valence-electron chi connectivity index (χ0n) is 13.9. The van der Waals surface area contributed by atoms with E-state index < -0.39 is 9.84 Å². The second-order valence-electron chi connectivity index (χ2n) is 6.48. The van der Waals surface area contributed by atoms with Gasteiger partial charge in [0.2, 0.25) is 0 Å². The molecule has 0 N–H and O–H groups in total. The summed E-state index contributed by atoms with van der Waals surface area (Å²) in [4.78, 5) is 2.14. The molecule has 1 saturated heterocycles. The fourth-order valence-corrected chi connectivity index (χ4v) is 5.02. The molecule has 5 nitrogen and oxygen atoms in total. The minimum absolute atomic E-state index is 0.123. The zero-order valence-corrected chi connectivity index (χ0v) is 14.7. The third-order valence-corrected chi connectivity index (χ3v) is 6.18. The number of sulfone groups is 1. The van der Waals surface area contributed by atoms with Gasteiger partial charge in [0, 0.05) is 18.3 Å². The Hall–Kier alpha value is -1.66. The Morgan fingerprint density at radius 2 is 2.09 bits per heavy atom. The molecule has 1 atom stereocenters. The predicted octanol–water partition coefficient (Wildman–Crippen LogP) is 2.11. The average Bonchev–Trinajstić information content (AvgIpc) is 3.01. The van der Waals surface area contributed by atoms with Crippen LogP contribution in [0.15, 0.2) is 30.3 Å². The van der Waals surface area contributed by atoms with E-state index in [1.54, 1.807) is 0 Å². The van der Waals surface area contributed by atoms with Crippen LogP contribution < -0.4 is 0 Å². The topological polar surface area (TPSA) is 55.2 Å². The molecule has 1 fully saturated rings. The Kier molecular flexibility index (Phi) is 4.29. The second kappa shape index (κ2) is 6.09. The molecule has 1 aliphatic heterocycles. The van der Waals surface area contributed by atoms with Crippen molar-refractivity contribution in [1.82, 2.24) is 14.7 Å². The van der Waals surface area contributed by atoms with E-state index in [0.29, 0.717) is 5.75 Å². The summed E-state index contributed by atoms with van der Waals surface area (Å²) < 4.78 is 25.2. The maximum absolute atomic E-state index is 11.6. The van der Waals surface area contributed by atoms with Crippen molar-refractivity contribution in [1.29, 1.82) is 0 Å². The van der Waals surface area contributed by atoms with Crippen molar-refractivity contribution in [2.45, 2.75) is 32.9 Å². The summed E-state index contributed by atoms with van der Waals surface area (Å²) in [6.07, 6.45) is 0.732. The first-order valence-electron chi connectivity index (χ1n) is 7.87. The molecule has 0 bridgehead atoms. The van der Waals surface area contributed by atoms with Crippen LogP contribution in [0.25, 0.3) is 5.69 Å². The van der Waals surface area contributed by atoms with E-state index in [1.807, 2.05) is 37.7 Å². The maximum atomic E-state index is 11.6. The number of aromatic nitrogens is 2. The van der Waals surface area contributed by atoms with Crippen LogP contribution in [0.1, 0.15) is 23.4 Å². The van der Waals surface area contributed by atoms with Gasteiger partial charge >= 0.3 is 0 Å². The highest BCUT2D eigenvalue weighted by atomic mass is 32.2. The Morgan fingerprint density at radius 3 is 2.70 bits per heavy atom. The van der Waals surface area contributed by atoms with Gasteiger partial charge in [-0.2, -0.15) is 5.10 Å². The first-order chi connectivity index (χ1) is 10.8. The predicted molar refractivity (Wildman–Crippen MR) is 91.6 cm³/mol. The molecule has 1 aliphatic rings. The van der Waals surface area contributed by atoms with Crippen molar-refractivity contribution < 1.29 is 8.42 Å². The lowest BCUT2D eigenvalue weighted by molar-refractivity contribution is 0.254. The summed E-state index contributed by atoms with van der Waals surface area (Å²) in [5.41, 5.74) is 4.32. The van der Waals surface area contributed by atoms with E-state index in [1.165, 1.54) is 5.56 Å². The number of rotatable bonds is 4. The fraction of sp³-hybridized carbons (Fsp3) is 0.471. The number of hydrogen-bond acceptors (Lipinski definition) is 4. The lowest BCUT2D eigenvalue weighted by Crippen LogP contribution is -2.32. The molecule has 0 saturated carbocycles. The van der Waals surface area contributed by atoms with E-state index in [9.17, 15) is 8.42 Å². The third kappa shape index (κ3) is 3.64. The monoisotopic (exact) mass is 333 g/mol.